The molecular weight excluding hydrogens is 210 g/mol. The SMILES string of the molecule is CC1=C/C(=C/CCC(C)O)CN2CCCC[C@@H]12. The Hall–Kier alpha value is -0.600. The summed E-state index contributed by atoms with van der Waals surface area (Å²) in [6, 6.07) is 0.706. The van der Waals surface area contributed by atoms with Gasteiger partial charge < -0.3 is 5.11 Å². The topological polar surface area (TPSA) is 23.5 Å². The Morgan fingerprint density at radius 3 is 3.12 bits per heavy atom. The maximum Gasteiger partial charge on any atom is 0.0515 e. The minimum atomic E-state index is -0.178. The molecule has 1 saturated heterocycles. The second kappa shape index (κ2) is 5.83. The molecule has 2 aliphatic heterocycles. The fourth-order valence-electron chi connectivity index (χ4n) is 3.00. The molecule has 2 aliphatic rings. The molecule has 0 aliphatic carbocycles. The third-order valence-corrected chi connectivity index (χ3v) is 3.93. The second-order valence-corrected chi connectivity index (χ2v) is 5.58. The predicted octanol–water partition coefficient (Wildman–Crippen LogP) is 2.89. The van der Waals surface area contributed by atoms with Gasteiger partial charge in [-0.05, 0) is 51.6 Å². The first kappa shape index (κ1) is 12.8. The van der Waals surface area contributed by atoms with Crippen LogP contribution < -0.4 is 0 Å². The lowest BCUT2D eigenvalue weighted by atomic mass is 9.90. The molecule has 0 spiro atoms. The highest BCUT2D eigenvalue weighted by molar-refractivity contribution is 5.31. The van der Waals surface area contributed by atoms with Crippen molar-refractivity contribution in [3.8, 4) is 0 Å². The van der Waals surface area contributed by atoms with Gasteiger partial charge in [-0.15, -0.1) is 0 Å². The molecule has 0 amide bonds. The maximum absolute atomic E-state index is 9.27. The fraction of sp³-hybridized carbons (Fsp3) is 0.733. The zero-order valence-corrected chi connectivity index (χ0v) is 11.2. The van der Waals surface area contributed by atoms with Gasteiger partial charge in [-0.25, -0.2) is 0 Å². The van der Waals surface area contributed by atoms with Crippen molar-refractivity contribution in [3.05, 3.63) is 23.3 Å². The van der Waals surface area contributed by atoms with Gasteiger partial charge in [-0.3, -0.25) is 4.90 Å². The van der Waals surface area contributed by atoms with Crippen LogP contribution >= 0.6 is 0 Å². The molecule has 0 aromatic carbocycles. The van der Waals surface area contributed by atoms with Crippen LogP contribution in [0.15, 0.2) is 23.3 Å². The Labute approximate surface area is 105 Å². The molecule has 0 aromatic rings. The molecule has 2 heterocycles. The molecule has 2 heteroatoms. The number of hydrogen-bond donors (Lipinski definition) is 1. The van der Waals surface area contributed by atoms with Crippen LogP contribution in [0, 0.1) is 0 Å². The van der Waals surface area contributed by atoms with Gasteiger partial charge in [-0.2, -0.15) is 0 Å². The van der Waals surface area contributed by atoms with E-state index in [1.807, 2.05) is 6.92 Å². The molecular formula is C15H25NO. The number of fused-ring (bicyclic) bond motifs is 1. The molecule has 0 bridgehead atoms. The number of aliphatic hydroxyl groups excluding tert-OH is 1. The quantitative estimate of drug-likeness (QED) is 0.813. The van der Waals surface area contributed by atoms with Gasteiger partial charge in [0.05, 0.1) is 6.10 Å². The Balaban J connectivity index is 1.98. The summed E-state index contributed by atoms with van der Waals surface area (Å²) >= 11 is 0. The lowest BCUT2D eigenvalue weighted by Gasteiger charge is -2.40. The number of hydrogen-bond acceptors (Lipinski definition) is 2. The van der Waals surface area contributed by atoms with E-state index in [1.165, 1.54) is 37.0 Å². The van der Waals surface area contributed by atoms with Crippen molar-refractivity contribution < 1.29 is 5.11 Å². The lowest BCUT2D eigenvalue weighted by Crippen LogP contribution is -2.43. The monoisotopic (exact) mass is 235 g/mol. The predicted molar refractivity (Wildman–Crippen MR) is 72.0 cm³/mol. The first-order valence-electron chi connectivity index (χ1n) is 6.96. The summed E-state index contributed by atoms with van der Waals surface area (Å²) in [7, 11) is 0. The van der Waals surface area contributed by atoms with E-state index < -0.39 is 0 Å². The summed E-state index contributed by atoms with van der Waals surface area (Å²) in [5, 5.41) is 9.27. The number of piperidine rings is 1. The van der Waals surface area contributed by atoms with E-state index in [2.05, 4.69) is 24.0 Å². The van der Waals surface area contributed by atoms with E-state index in [0.717, 1.165) is 19.4 Å². The molecule has 1 N–H and O–H groups in total. The molecule has 96 valence electrons. The first-order chi connectivity index (χ1) is 8.16. The van der Waals surface area contributed by atoms with Crippen LogP contribution in [0.4, 0.5) is 0 Å². The minimum Gasteiger partial charge on any atom is -0.393 e. The number of aliphatic hydroxyl groups is 1. The summed E-state index contributed by atoms with van der Waals surface area (Å²) in [5.41, 5.74) is 2.97. The van der Waals surface area contributed by atoms with Crippen LogP contribution in [-0.2, 0) is 0 Å². The highest BCUT2D eigenvalue weighted by atomic mass is 16.3. The van der Waals surface area contributed by atoms with Crippen molar-refractivity contribution in [2.45, 2.75) is 58.1 Å². The fourth-order valence-corrected chi connectivity index (χ4v) is 3.00. The molecule has 2 rings (SSSR count). The van der Waals surface area contributed by atoms with Crippen molar-refractivity contribution in [1.82, 2.24) is 4.90 Å². The van der Waals surface area contributed by atoms with E-state index in [9.17, 15) is 5.11 Å². The summed E-state index contributed by atoms with van der Waals surface area (Å²) in [4.78, 5) is 2.62. The molecule has 0 aromatic heterocycles. The zero-order chi connectivity index (χ0) is 12.3. The number of rotatable bonds is 3. The van der Waals surface area contributed by atoms with Crippen molar-refractivity contribution >= 4 is 0 Å². The molecule has 1 unspecified atom stereocenters. The van der Waals surface area contributed by atoms with E-state index in [1.54, 1.807) is 0 Å². The van der Waals surface area contributed by atoms with Gasteiger partial charge in [0.15, 0.2) is 0 Å². The summed E-state index contributed by atoms with van der Waals surface area (Å²) in [6.07, 6.45) is 10.4. The van der Waals surface area contributed by atoms with Crippen molar-refractivity contribution in [1.29, 1.82) is 0 Å². The molecule has 0 radical (unpaired) electrons. The van der Waals surface area contributed by atoms with Crippen LogP contribution in [0.1, 0.15) is 46.0 Å². The molecule has 0 saturated carbocycles. The van der Waals surface area contributed by atoms with Crippen LogP contribution in [0.5, 0.6) is 0 Å². The molecule has 17 heavy (non-hydrogen) atoms. The maximum atomic E-state index is 9.27. The first-order valence-corrected chi connectivity index (χ1v) is 6.96. The largest absolute Gasteiger partial charge is 0.393 e. The van der Waals surface area contributed by atoms with Gasteiger partial charge in [-0.1, -0.05) is 24.1 Å². The van der Waals surface area contributed by atoms with Gasteiger partial charge in [0, 0.05) is 12.6 Å². The van der Waals surface area contributed by atoms with Crippen LogP contribution in [0.3, 0.4) is 0 Å². The normalized spacial score (nSPS) is 29.9. The van der Waals surface area contributed by atoms with Crippen molar-refractivity contribution in [2.75, 3.05) is 13.1 Å². The van der Waals surface area contributed by atoms with Gasteiger partial charge in [0.25, 0.3) is 0 Å². The average molecular weight is 235 g/mol. The average Bonchev–Trinajstić information content (AvgIpc) is 2.28. The van der Waals surface area contributed by atoms with Crippen LogP contribution in [0.25, 0.3) is 0 Å². The van der Waals surface area contributed by atoms with Crippen LogP contribution in [0.2, 0.25) is 0 Å². The summed E-state index contributed by atoms with van der Waals surface area (Å²) in [6.45, 7) is 6.50. The van der Waals surface area contributed by atoms with E-state index in [4.69, 9.17) is 0 Å². The second-order valence-electron chi connectivity index (χ2n) is 5.58. The lowest BCUT2D eigenvalue weighted by molar-refractivity contribution is 0.179. The molecule has 2 nitrogen and oxygen atoms in total. The van der Waals surface area contributed by atoms with E-state index in [0.29, 0.717) is 6.04 Å². The Kier molecular flexibility index (Phi) is 4.41. The smallest absolute Gasteiger partial charge is 0.0515 e. The van der Waals surface area contributed by atoms with Gasteiger partial charge in [0.1, 0.15) is 0 Å². The Morgan fingerprint density at radius 2 is 2.35 bits per heavy atom. The van der Waals surface area contributed by atoms with Crippen molar-refractivity contribution in [3.63, 3.8) is 0 Å². The molecule has 2 atom stereocenters. The Bertz CT molecular complexity index is 317. The zero-order valence-electron chi connectivity index (χ0n) is 11.2. The summed E-state index contributed by atoms with van der Waals surface area (Å²) < 4.78 is 0. The Morgan fingerprint density at radius 1 is 1.53 bits per heavy atom. The highest BCUT2D eigenvalue weighted by Crippen LogP contribution is 2.28. The number of nitrogens with zero attached hydrogens (tertiary/aromatic N) is 1. The van der Waals surface area contributed by atoms with Gasteiger partial charge in [0.2, 0.25) is 0 Å². The summed E-state index contributed by atoms with van der Waals surface area (Å²) in [5.74, 6) is 0. The van der Waals surface area contributed by atoms with Gasteiger partial charge >= 0.3 is 0 Å². The standard InChI is InChI=1S/C15H25NO/c1-12-10-14(7-5-6-13(2)17)11-16-9-4-3-8-15(12)16/h7,10,13,15,17H,3-6,8-9,11H2,1-2H3/b14-7-/t13?,15-/m0/s1. The minimum absolute atomic E-state index is 0.178. The molecule has 1 fully saturated rings. The number of allylic oxidation sites excluding steroid dienone is 1. The van der Waals surface area contributed by atoms with E-state index >= 15 is 0 Å². The van der Waals surface area contributed by atoms with E-state index in [-0.39, 0.29) is 6.10 Å². The third kappa shape index (κ3) is 3.43. The van der Waals surface area contributed by atoms with Crippen molar-refractivity contribution in [2.24, 2.45) is 0 Å². The highest BCUT2D eigenvalue weighted by Gasteiger charge is 2.26. The van der Waals surface area contributed by atoms with Crippen LogP contribution in [-0.4, -0.2) is 35.2 Å². The third-order valence-electron chi connectivity index (χ3n) is 3.93.